The molecular formula is C82H138N2O66. The second-order valence-corrected chi connectivity index (χ2v) is 38.0. The van der Waals surface area contributed by atoms with Crippen molar-refractivity contribution in [2.45, 2.75) is 413 Å². The van der Waals surface area contributed by atoms with Gasteiger partial charge in [0.25, 0.3) is 0 Å². The third kappa shape index (κ3) is 26.4. The topological polar surface area (TPSA) is 1080 Å². The molecule has 0 aromatic heterocycles. The van der Waals surface area contributed by atoms with Crippen LogP contribution in [-0.4, -0.2) is 696 Å². The van der Waals surface area contributed by atoms with Gasteiger partial charge >= 0.3 is 0 Å². The van der Waals surface area contributed by atoms with Gasteiger partial charge < -0.3 is 328 Å². The van der Waals surface area contributed by atoms with Gasteiger partial charge in [0.15, 0.2) is 81.8 Å². The lowest BCUT2D eigenvalue weighted by Gasteiger charge is -2.51. The first-order valence-corrected chi connectivity index (χ1v) is 47.7. The number of hydrogen-bond acceptors (Lipinski definition) is 66. The molecule has 41 N–H and O–H groups in total. The van der Waals surface area contributed by atoms with Crippen molar-refractivity contribution < 1.29 is 327 Å². The summed E-state index contributed by atoms with van der Waals surface area (Å²) in [6.45, 7) is -13.7. The van der Waals surface area contributed by atoms with E-state index in [0.29, 0.717) is 0 Å². The van der Waals surface area contributed by atoms with Crippen molar-refractivity contribution in [1.29, 1.82) is 0 Å². The fourth-order valence-corrected chi connectivity index (χ4v) is 19.3. The Morgan fingerprint density at radius 2 is 0.367 bits per heavy atom. The number of aliphatic hydroxyl groups excluding tert-OH is 39. The molecule has 68 nitrogen and oxygen atoms in total. The van der Waals surface area contributed by atoms with Gasteiger partial charge in [0.2, 0.25) is 11.8 Å². The van der Waals surface area contributed by atoms with Gasteiger partial charge in [0.05, 0.1) is 85.9 Å². The molecule has 13 aliphatic rings. The summed E-state index contributed by atoms with van der Waals surface area (Å²) in [5.41, 5.74) is 0. The molecule has 0 aliphatic carbocycles. The highest BCUT2D eigenvalue weighted by Crippen LogP contribution is 2.43. The van der Waals surface area contributed by atoms with Gasteiger partial charge in [-0.15, -0.1) is 0 Å². The zero-order valence-electron chi connectivity index (χ0n) is 79.2. The summed E-state index contributed by atoms with van der Waals surface area (Å²) in [5.74, 6) is -1.91. The molecule has 872 valence electrons. The monoisotopic (exact) mass is 2210 g/mol. The molecule has 13 heterocycles. The Hall–Kier alpha value is -3.62. The molecule has 13 aliphatic heterocycles. The number of hydrogen-bond donors (Lipinski definition) is 41. The van der Waals surface area contributed by atoms with E-state index >= 15 is 0 Å². The van der Waals surface area contributed by atoms with Crippen molar-refractivity contribution >= 4 is 11.8 Å². The summed E-state index contributed by atoms with van der Waals surface area (Å²) in [7, 11) is 0. The van der Waals surface area contributed by atoms with Crippen LogP contribution in [0.25, 0.3) is 0 Å². The van der Waals surface area contributed by atoms with Crippen molar-refractivity contribution in [1.82, 2.24) is 10.6 Å². The van der Waals surface area contributed by atoms with E-state index < -0.39 is 497 Å². The molecule has 65 atom stereocenters. The predicted octanol–water partition coefficient (Wildman–Crippen LogP) is -29.0. The Kier molecular flexibility index (Phi) is 44.2. The first-order chi connectivity index (χ1) is 71.1. The van der Waals surface area contributed by atoms with Gasteiger partial charge in [-0.25, -0.2) is 0 Å². The SMILES string of the molecule is CC(=O)N[C@H]1[C@H](O[C@H]2[C@H](O)[C@@H](NC(C)=O)C(O)O[C@@H]2CO)O[C@H](CO)[C@@H](O[C@@H]2O[C@H](CO[C@H]3O[C@H](CO[C@H]4O[C@H](CO)[C@@H](O)[C@H](O)[C@@H]4O[C@H]4O[C@H](CO)[C@@H](O)[C@H](O[C@H]5O[C@H](CO)[C@@H](O)[C@H](O)[C@@H]5O)[C@@H]4O)[C@@H](O)[C@H](O[C@H]4O[C@H](CO)[C@@H](O)[C@H](O)[C@@H]4O)[C@@H]3O)[C@@H](O)[C@H](O[C@H]3O[C@H](CO[C@H]4O[C@H](CO)[C@@H](O)[C@H](O)[C@@H]4O)[C@@H](O)[C@H](O)[C@@H]3O[C@H]3O[C@H](CO)[C@@H](O)[C@H](O)[C@@H]3O[C@H]3O[C@H](CO)[C@@H](O)[C@H](O[C@H]4O[C@H](CO)[C@@H](O)[C@H](O)[C@@H]4O)[C@@H]3O)[C@@H]2O)[C@@H]1O. The normalized spacial score (nSPS) is 52.1. The minimum absolute atomic E-state index is 0.859. The molecule has 0 radical (unpaired) electrons. The Bertz CT molecular complexity index is 4070. The molecule has 150 heavy (non-hydrogen) atoms. The Morgan fingerprint density at radius 3 is 0.720 bits per heavy atom. The molecule has 0 spiro atoms. The van der Waals surface area contributed by atoms with Crippen LogP contribution in [-0.2, 0) is 128 Å². The maximum absolute atomic E-state index is 13.3. The van der Waals surface area contributed by atoms with Gasteiger partial charge in [-0.1, -0.05) is 0 Å². The highest BCUT2D eigenvalue weighted by atomic mass is 16.8. The molecule has 13 rings (SSSR count). The fraction of sp³-hybridized carbons (Fsp3) is 0.976. The van der Waals surface area contributed by atoms with Crippen molar-refractivity contribution in [2.75, 3.05) is 85.9 Å². The Balaban J connectivity index is 0.862. The maximum atomic E-state index is 13.3. The Labute approximate surface area is 845 Å². The summed E-state index contributed by atoms with van der Waals surface area (Å²) in [6, 6.07) is -3.84. The van der Waals surface area contributed by atoms with Gasteiger partial charge in [0.1, 0.15) is 317 Å². The van der Waals surface area contributed by atoms with Crippen LogP contribution in [0.5, 0.6) is 0 Å². The second-order valence-electron chi connectivity index (χ2n) is 38.0. The quantitative estimate of drug-likeness (QED) is 0.0272. The smallest absolute Gasteiger partial charge is 0.217 e. The van der Waals surface area contributed by atoms with E-state index in [4.69, 9.17) is 118 Å². The summed E-state index contributed by atoms with van der Waals surface area (Å²) < 4.78 is 147. The predicted molar refractivity (Wildman–Crippen MR) is 451 cm³/mol. The van der Waals surface area contributed by atoms with Crippen molar-refractivity contribution in [3.63, 3.8) is 0 Å². The highest BCUT2D eigenvalue weighted by molar-refractivity contribution is 5.73. The lowest BCUT2D eigenvalue weighted by molar-refractivity contribution is -0.412. The average molecular weight is 2210 g/mol. The number of nitrogens with one attached hydrogen (secondary N) is 2. The third-order valence-corrected chi connectivity index (χ3v) is 28.0. The summed E-state index contributed by atoms with van der Waals surface area (Å²) >= 11 is 0. The molecule has 0 aromatic rings. The fourth-order valence-electron chi connectivity index (χ4n) is 19.3. The zero-order valence-corrected chi connectivity index (χ0v) is 79.2. The molecule has 13 fully saturated rings. The summed E-state index contributed by atoms with van der Waals surface area (Å²) in [4.78, 5) is 25.6. The van der Waals surface area contributed by atoms with Crippen LogP contribution in [0.4, 0.5) is 0 Å². The van der Waals surface area contributed by atoms with Gasteiger partial charge in [-0.2, -0.15) is 0 Å². The van der Waals surface area contributed by atoms with Gasteiger partial charge in [0, 0.05) is 13.8 Å². The standard InChI is InChI=1S/C82H138N2O66/c1-16(95)83-31-44(108)61(26(11-93)129-70(31)125)142-71-32(84-17(2)96)45(109)62(27(12-94)138-71)143-79-60(124)66(147-82-69(52(116)39(103)28(141-82)13-126-72-53(117)46(110)33(97)18(3-85)130-72)150-81-68(51(115)38(102)23(8-90)137-81)149-78-59(123)64(41(105)25(10-92)135-78)145-75-55(119)48(112)35(99)20(5-87)132-75)43(107)30(140-79)14-127-73-57(121)65(146-76-56(120)49(113)36(100)21(6-88)133-76)42(106)29(139-73)15-128-80-67(50(114)37(101)22(7-89)136-80)148-77-58(122)63(40(104)24(9-91)134-77)144-74-54(118)47(111)34(98)19(4-86)131-74/h18-82,85-94,97-125H,3-15H2,1-2H3,(H,83,95)(H,84,96)/t18-,19-,20-,21-,22-,23-,24-,25-,26-,27-,28-,29-,30-,31-,32-,33-,34-,35-,36-,37-,38-,39-,40-,41-,42-,43-,44-,45-,46+,47+,48+,49+,50+,51+,52+,53+,54+,55+,56+,57+,58+,59+,60+,61-,62-,63+,64+,65+,66+,67+,68+,69+,70?,71+,72+,73+,74-,75-,76-,77-,78-,79+,80+,81-,82-/m1/s1. The number of aliphatic hydroxyl groups is 39. The lowest BCUT2D eigenvalue weighted by Crippen LogP contribution is -2.70. The second kappa shape index (κ2) is 53.8. The van der Waals surface area contributed by atoms with Gasteiger partial charge in [-0.05, 0) is 0 Å². The Morgan fingerprint density at radius 1 is 0.173 bits per heavy atom. The largest absolute Gasteiger partial charge is 0.394 e. The molecule has 0 aromatic carbocycles. The van der Waals surface area contributed by atoms with Crippen molar-refractivity contribution in [2.24, 2.45) is 0 Å². The van der Waals surface area contributed by atoms with Crippen LogP contribution >= 0.6 is 0 Å². The van der Waals surface area contributed by atoms with Crippen LogP contribution in [0.1, 0.15) is 13.8 Å². The zero-order chi connectivity index (χ0) is 110. The summed E-state index contributed by atoms with van der Waals surface area (Å²) in [6.07, 6.45) is -143. The molecular weight excluding hydrogens is 2070 g/mol. The first kappa shape index (κ1) is 123. The average Bonchev–Trinajstić information content (AvgIpc) is 0.763. The molecule has 13 saturated heterocycles. The molecule has 1 unspecified atom stereocenters. The highest BCUT2D eigenvalue weighted by Gasteiger charge is 2.64. The van der Waals surface area contributed by atoms with E-state index in [1.54, 1.807) is 0 Å². The van der Waals surface area contributed by atoms with Crippen LogP contribution < -0.4 is 10.6 Å². The van der Waals surface area contributed by atoms with Gasteiger partial charge in [-0.3, -0.25) is 9.59 Å². The first-order valence-electron chi connectivity index (χ1n) is 47.7. The maximum Gasteiger partial charge on any atom is 0.217 e. The van der Waals surface area contributed by atoms with Crippen LogP contribution in [0.2, 0.25) is 0 Å². The number of ether oxygens (including phenoxy) is 25. The van der Waals surface area contributed by atoms with E-state index in [-0.39, 0.29) is 0 Å². The van der Waals surface area contributed by atoms with Crippen LogP contribution in [0.15, 0.2) is 0 Å². The van der Waals surface area contributed by atoms with E-state index in [9.17, 15) is 209 Å². The van der Waals surface area contributed by atoms with E-state index in [1.807, 2.05) is 0 Å². The molecule has 68 heteroatoms. The molecule has 2 amide bonds. The van der Waals surface area contributed by atoms with Crippen molar-refractivity contribution in [3.8, 4) is 0 Å². The lowest BCUT2D eigenvalue weighted by atomic mass is 9.94. The summed E-state index contributed by atoms with van der Waals surface area (Å²) in [5, 5.41) is 444. The molecule has 0 bridgehead atoms. The van der Waals surface area contributed by atoms with E-state index in [2.05, 4.69) is 10.6 Å². The minimum Gasteiger partial charge on any atom is -0.394 e. The van der Waals surface area contributed by atoms with E-state index in [0.717, 1.165) is 13.8 Å². The van der Waals surface area contributed by atoms with Crippen LogP contribution in [0.3, 0.4) is 0 Å². The number of rotatable bonds is 39. The van der Waals surface area contributed by atoms with Crippen molar-refractivity contribution in [3.05, 3.63) is 0 Å². The molecule has 0 saturated carbocycles. The van der Waals surface area contributed by atoms with E-state index in [1.165, 1.54) is 0 Å². The third-order valence-electron chi connectivity index (χ3n) is 28.0. The van der Waals surface area contributed by atoms with Crippen LogP contribution in [0, 0.1) is 0 Å². The minimum atomic E-state index is -2.84. The number of carbonyl (C=O) groups excluding carboxylic acids is 2. The number of amides is 2. The number of carbonyl (C=O) groups is 2.